The summed E-state index contributed by atoms with van der Waals surface area (Å²) in [5.74, 6) is 1.52. The Morgan fingerprint density at radius 2 is 2.40 bits per heavy atom. The van der Waals surface area contributed by atoms with Crippen molar-refractivity contribution in [2.75, 3.05) is 5.75 Å². The summed E-state index contributed by atoms with van der Waals surface area (Å²) in [6, 6.07) is 7.35. The number of rotatable bonds is 6. The second kappa shape index (κ2) is 7.25. The fourth-order valence-electron chi connectivity index (χ4n) is 1.59. The van der Waals surface area contributed by atoms with Gasteiger partial charge in [0.15, 0.2) is 5.82 Å². The number of halogens is 1. The highest BCUT2D eigenvalue weighted by Crippen LogP contribution is 2.16. The van der Waals surface area contributed by atoms with E-state index in [0.717, 1.165) is 11.3 Å². The Morgan fingerprint density at radius 1 is 1.55 bits per heavy atom. The molecule has 2 rings (SSSR count). The van der Waals surface area contributed by atoms with Crippen LogP contribution in [0, 0.1) is 0 Å². The second-order valence-electron chi connectivity index (χ2n) is 4.18. The summed E-state index contributed by atoms with van der Waals surface area (Å²) in [6.45, 7) is 1.81. The average Bonchev–Trinajstić information content (AvgIpc) is 2.92. The van der Waals surface area contributed by atoms with Crippen LogP contribution in [0.15, 0.2) is 24.3 Å². The first-order valence-corrected chi connectivity index (χ1v) is 7.53. The van der Waals surface area contributed by atoms with Gasteiger partial charge in [0.2, 0.25) is 5.91 Å². The number of tetrazole rings is 1. The number of carbonyl (C=O) groups is 1. The third kappa shape index (κ3) is 4.50. The molecule has 1 aromatic carbocycles. The zero-order chi connectivity index (χ0) is 14.4. The third-order valence-corrected chi connectivity index (χ3v) is 3.76. The van der Waals surface area contributed by atoms with Crippen LogP contribution in [0.1, 0.15) is 24.4 Å². The quantitative estimate of drug-likeness (QED) is 0.852. The lowest BCUT2D eigenvalue weighted by atomic mass is 10.2. The van der Waals surface area contributed by atoms with Crippen LogP contribution >= 0.6 is 23.4 Å². The molecule has 20 heavy (non-hydrogen) atoms. The topological polar surface area (TPSA) is 83.6 Å². The van der Waals surface area contributed by atoms with Gasteiger partial charge in [0, 0.05) is 10.8 Å². The highest BCUT2D eigenvalue weighted by molar-refractivity contribution is 7.99. The van der Waals surface area contributed by atoms with Crippen LogP contribution < -0.4 is 5.32 Å². The maximum atomic E-state index is 11.8. The van der Waals surface area contributed by atoms with Crippen LogP contribution in [0.3, 0.4) is 0 Å². The first-order valence-electron chi connectivity index (χ1n) is 6.00. The maximum absolute atomic E-state index is 11.8. The Hall–Kier alpha value is -1.60. The largest absolute Gasteiger partial charge is 0.345 e. The van der Waals surface area contributed by atoms with Crippen molar-refractivity contribution >= 4 is 29.3 Å². The summed E-state index contributed by atoms with van der Waals surface area (Å²) >= 11 is 7.43. The van der Waals surface area contributed by atoms with E-state index in [9.17, 15) is 4.79 Å². The summed E-state index contributed by atoms with van der Waals surface area (Å²) in [4.78, 5) is 11.8. The molecule has 2 N–H and O–H groups in total. The number of hydrogen-bond acceptors (Lipinski definition) is 5. The van der Waals surface area contributed by atoms with Crippen molar-refractivity contribution in [3.05, 3.63) is 40.7 Å². The average molecular weight is 312 g/mol. The van der Waals surface area contributed by atoms with Crippen molar-refractivity contribution in [1.82, 2.24) is 25.9 Å². The van der Waals surface area contributed by atoms with E-state index in [1.54, 1.807) is 0 Å². The standard InChI is InChI=1S/C12H14ClN5OS/c1-8(12-15-17-18-16-12)14-11(19)7-20-6-9-3-2-4-10(13)5-9/h2-5,8H,6-7H2,1H3,(H,14,19)(H,15,16,17,18). The number of benzene rings is 1. The van der Waals surface area contributed by atoms with Gasteiger partial charge in [-0.25, -0.2) is 0 Å². The Kier molecular flexibility index (Phi) is 5.37. The minimum atomic E-state index is -0.256. The van der Waals surface area contributed by atoms with Crippen LogP contribution in [0.2, 0.25) is 5.02 Å². The molecule has 6 nitrogen and oxygen atoms in total. The van der Waals surface area contributed by atoms with Gasteiger partial charge in [-0.2, -0.15) is 5.21 Å². The third-order valence-electron chi connectivity index (χ3n) is 2.52. The molecule has 0 bridgehead atoms. The molecule has 106 valence electrons. The molecule has 2 aromatic rings. The Bertz CT molecular complexity index is 563. The number of amides is 1. The highest BCUT2D eigenvalue weighted by Gasteiger charge is 2.13. The number of nitrogens with zero attached hydrogens (tertiary/aromatic N) is 3. The summed E-state index contributed by atoms with van der Waals surface area (Å²) < 4.78 is 0. The minimum absolute atomic E-state index is 0.0608. The van der Waals surface area contributed by atoms with Crippen molar-refractivity contribution < 1.29 is 4.79 Å². The Balaban J connectivity index is 1.73. The molecule has 0 fully saturated rings. The van der Waals surface area contributed by atoms with Gasteiger partial charge in [0.25, 0.3) is 0 Å². The lowest BCUT2D eigenvalue weighted by molar-refractivity contribution is -0.119. The maximum Gasteiger partial charge on any atom is 0.230 e. The molecule has 8 heteroatoms. The van der Waals surface area contributed by atoms with Gasteiger partial charge in [-0.3, -0.25) is 4.79 Å². The molecule has 1 atom stereocenters. The molecular weight excluding hydrogens is 298 g/mol. The normalized spacial score (nSPS) is 12.1. The molecule has 1 heterocycles. The summed E-state index contributed by atoms with van der Waals surface area (Å²) in [5.41, 5.74) is 1.10. The molecule has 1 unspecified atom stereocenters. The van der Waals surface area contributed by atoms with Crippen molar-refractivity contribution in [3.8, 4) is 0 Å². The van der Waals surface area contributed by atoms with E-state index in [-0.39, 0.29) is 11.9 Å². The number of nitrogens with one attached hydrogen (secondary N) is 2. The number of aromatic nitrogens is 4. The number of hydrogen-bond donors (Lipinski definition) is 2. The molecule has 0 spiro atoms. The van der Waals surface area contributed by atoms with Crippen LogP contribution in [0.5, 0.6) is 0 Å². The molecule has 0 saturated heterocycles. The van der Waals surface area contributed by atoms with Gasteiger partial charge >= 0.3 is 0 Å². The predicted octanol–water partition coefficient (Wildman–Crippen LogP) is 1.96. The van der Waals surface area contributed by atoms with Crippen molar-refractivity contribution in [2.24, 2.45) is 0 Å². The molecule has 0 aliphatic carbocycles. The Labute approximate surface area is 125 Å². The second-order valence-corrected chi connectivity index (χ2v) is 5.60. The highest BCUT2D eigenvalue weighted by atomic mass is 35.5. The lowest BCUT2D eigenvalue weighted by Gasteiger charge is -2.09. The molecule has 0 saturated carbocycles. The van der Waals surface area contributed by atoms with E-state index in [0.29, 0.717) is 16.6 Å². The van der Waals surface area contributed by atoms with Gasteiger partial charge in [0.05, 0.1) is 11.8 Å². The number of thioether (sulfide) groups is 1. The van der Waals surface area contributed by atoms with Gasteiger partial charge in [-0.1, -0.05) is 28.9 Å². The van der Waals surface area contributed by atoms with Gasteiger partial charge < -0.3 is 5.32 Å². The summed E-state index contributed by atoms with van der Waals surface area (Å²) in [5, 5.41) is 17.0. The zero-order valence-corrected chi connectivity index (χ0v) is 12.4. The van der Waals surface area contributed by atoms with E-state index in [2.05, 4.69) is 25.9 Å². The van der Waals surface area contributed by atoms with Gasteiger partial charge in [-0.15, -0.1) is 22.0 Å². The monoisotopic (exact) mass is 311 g/mol. The van der Waals surface area contributed by atoms with Crippen LogP contribution in [0.4, 0.5) is 0 Å². The summed E-state index contributed by atoms with van der Waals surface area (Å²) in [6.07, 6.45) is 0. The SMILES string of the molecule is CC(NC(=O)CSCc1cccc(Cl)c1)c1nn[nH]n1. The smallest absolute Gasteiger partial charge is 0.230 e. The number of aromatic amines is 1. The van der Waals surface area contributed by atoms with Crippen molar-refractivity contribution in [1.29, 1.82) is 0 Å². The van der Waals surface area contributed by atoms with Crippen LogP contribution in [-0.4, -0.2) is 32.3 Å². The molecule has 0 aliphatic rings. The molecular formula is C12H14ClN5OS. The molecule has 0 radical (unpaired) electrons. The Morgan fingerprint density at radius 3 is 3.10 bits per heavy atom. The molecule has 1 amide bonds. The van der Waals surface area contributed by atoms with Crippen molar-refractivity contribution in [2.45, 2.75) is 18.7 Å². The summed E-state index contributed by atoms with van der Waals surface area (Å²) in [7, 11) is 0. The van der Waals surface area contributed by atoms with E-state index in [4.69, 9.17) is 11.6 Å². The fraction of sp³-hybridized carbons (Fsp3) is 0.333. The van der Waals surface area contributed by atoms with Crippen molar-refractivity contribution in [3.63, 3.8) is 0 Å². The lowest BCUT2D eigenvalue weighted by Crippen LogP contribution is -2.28. The number of H-pyrrole nitrogens is 1. The number of carbonyl (C=O) groups excluding carboxylic acids is 1. The van der Waals surface area contributed by atoms with Gasteiger partial charge in [0.1, 0.15) is 0 Å². The fourth-order valence-corrected chi connectivity index (χ4v) is 2.59. The van der Waals surface area contributed by atoms with E-state index < -0.39 is 0 Å². The molecule has 0 aliphatic heterocycles. The predicted molar refractivity (Wildman–Crippen MR) is 78.3 cm³/mol. The van der Waals surface area contributed by atoms with Crippen LogP contribution in [0.25, 0.3) is 0 Å². The van der Waals surface area contributed by atoms with Gasteiger partial charge in [-0.05, 0) is 24.6 Å². The van der Waals surface area contributed by atoms with E-state index in [1.165, 1.54) is 11.8 Å². The van der Waals surface area contributed by atoms with E-state index in [1.807, 2.05) is 31.2 Å². The molecule has 1 aromatic heterocycles. The minimum Gasteiger partial charge on any atom is -0.345 e. The first kappa shape index (κ1) is 14.8. The zero-order valence-electron chi connectivity index (χ0n) is 10.8. The van der Waals surface area contributed by atoms with E-state index >= 15 is 0 Å². The first-order chi connectivity index (χ1) is 9.65. The van der Waals surface area contributed by atoms with Crippen LogP contribution in [-0.2, 0) is 10.5 Å².